The molecule has 0 aromatic rings. The first kappa shape index (κ1) is 9.05. The summed E-state index contributed by atoms with van der Waals surface area (Å²) in [4.78, 5) is 2.56. The van der Waals surface area contributed by atoms with Gasteiger partial charge < -0.3 is 0 Å². The van der Waals surface area contributed by atoms with Crippen LogP contribution in [0.25, 0.3) is 0 Å². The van der Waals surface area contributed by atoms with Crippen LogP contribution in [0.1, 0.15) is 46.5 Å². The molecule has 0 N–H and O–H groups in total. The highest BCUT2D eigenvalue weighted by atomic mass is 15.3. The second kappa shape index (κ2) is 3.57. The van der Waals surface area contributed by atoms with Crippen LogP contribution in [0.4, 0.5) is 0 Å². The van der Waals surface area contributed by atoms with E-state index in [1.807, 2.05) is 0 Å². The molecule has 66 valence electrons. The highest BCUT2D eigenvalue weighted by molar-refractivity contribution is 5.02. The van der Waals surface area contributed by atoms with Gasteiger partial charge in [0.05, 0.1) is 0 Å². The van der Waals surface area contributed by atoms with Gasteiger partial charge in [-0.25, -0.2) is 0 Å². The van der Waals surface area contributed by atoms with E-state index in [9.17, 15) is 0 Å². The molecule has 2 atom stereocenters. The van der Waals surface area contributed by atoms with Crippen LogP contribution in [0, 0.1) is 0 Å². The first-order valence-electron chi connectivity index (χ1n) is 4.98. The van der Waals surface area contributed by atoms with E-state index in [-0.39, 0.29) is 0 Å². The van der Waals surface area contributed by atoms with E-state index < -0.39 is 0 Å². The molecule has 0 amide bonds. The molecule has 0 aliphatic carbocycles. The normalized spacial score (nSPS) is 35.7. The first-order valence-corrected chi connectivity index (χ1v) is 4.98. The lowest BCUT2D eigenvalue weighted by molar-refractivity contribution is 0.409. The van der Waals surface area contributed by atoms with Crippen molar-refractivity contribution in [1.82, 2.24) is 4.90 Å². The van der Waals surface area contributed by atoms with Crippen LogP contribution in [-0.2, 0) is 0 Å². The topological polar surface area (TPSA) is 3.01 Å². The number of hydrogen-bond donors (Lipinski definition) is 0. The maximum atomic E-state index is 2.56. The molecule has 1 aliphatic rings. The van der Waals surface area contributed by atoms with Gasteiger partial charge >= 0.3 is 0 Å². The van der Waals surface area contributed by atoms with E-state index in [0.717, 1.165) is 0 Å². The van der Waals surface area contributed by atoms with Crippen molar-refractivity contribution in [3.05, 3.63) is 0 Å². The molecule has 0 spiro atoms. The van der Waals surface area contributed by atoms with Gasteiger partial charge in [-0.3, -0.25) is 4.90 Å². The second-order valence-corrected chi connectivity index (χ2v) is 3.97. The van der Waals surface area contributed by atoms with Gasteiger partial charge in [-0.15, -0.1) is 0 Å². The van der Waals surface area contributed by atoms with Crippen molar-refractivity contribution in [2.24, 2.45) is 0 Å². The Hall–Kier alpha value is -0.0400. The third kappa shape index (κ3) is 2.19. The zero-order valence-electron chi connectivity index (χ0n) is 8.19. The van der Waals surface area contributed by atoms with Crippen LogP contribution in [0.15, 0.2) is 0 Å². The van der Waals surface area contributed by atoms with E-state index in [1.165, 1.54) is 38.8 Å². The van der Waals surface area contributed by atoms with Crippen molar-refractivity contribution in [2.75, 3.05) is 13.1 Å². The number of rotatable bonds is 5. The predicted octanol–water partition coefficient (Wildman–Crippen LogP) is 2.66. The Morgan fingerprint density at radius 2 is 2.00 bits per heavy atom. The van der Waals surface area contributed by atoms with Crippen molar-refractivity contribution in [3.63, 3.8) is 0 Å². The number of unbranched alkanes of at least 4 members (excludes halogenated alkanes) is 2. The van der Waals surface area contributed by atoms with Gasteiger partial charge in [0.1, 0.15) is 0 Å². The summed E-state index contributed by atoms with van der Waals surface area (Å²) in [6.07, 6.45) is 5.59. The largest absolute Gasteiger partial charge is 0.295 e. The minimum Gasteiger partial charge on any atom is -0.295 e. The molecule has 1 heterocycles. The number of likely N-dealkylation sites (N-methyl/N-ethyl adjacent to an activating group) is 1. The zero-order valence-corrected chi connectivity index (χ0v) is 8.19. The third-order valence-electron chi connectivity index (χ3n) is 2.89. The van der Waals surface area contributed by atoms with Crippen LogP contribution in [-0.4, -0.2) is 23.5 Å². The maximum absolute atomic E-state index is 2.56. The summed E-state index contributed by atoms with van der Waals surface area (Å²) in [6, 6.07) is 0. The van der Waals surface area contributed by atoms with E-state index >= 15 is 0 Å². The molecule has 0 aromatic heterocycles. The Morgan fingerprint density at radius 3 is 2.45 bits per heavy atom. The highest BCUT2D eigenvalue weighted by Gasteiger charge is 2.44. The Morgan fingerprint density at radius 1 is 1.27 bits per heavy atom. The van der Waals surface area contributed by atoms with Crippen molar-refractivity contribution >= 4 is 0 Å². The van der Waals surface area contributed by atoms with Crippen LogP contribution in [0.2, 0.25) is 0 Å². The lowest BCUT2D eigenvalue weighted by Crippen LogP contribution is -2.13. The molecule has 0 aromatic carbocycles. The van der Waals surface area contributed by atoms with Crippen LogP contribution in [0.5, 0.6) is 0 Å². The van der Waals surface area contributed by atoms with Crippen molar-refractivity contribution in [1.29, 1.82) is 0 Å². The molecule has 1 heteroatoms. The van der Waals surface area contributed by atoms with Gasteiger partial charge in [-0.2, -0.15) is 0 Å². The Balaban J connectivity index is 2.08. The predicted molar refractivity (Wildman–Crippen MR) is 49.8 cm³/mol. The maximum Gasteiger partial charge on any atom is 0.0309 e. The van der Waals surface area contributed by atoms with Crippen molar-refractivity contribution in [2.45, 2.75) is 52.0 Å². The quantitative estimate of drug-likeness (QED) is 0.436. The molecule has 1 nitrogen and oxygen atoms in total. The fraction of sp³-hybridized carbons (Fsp3) is 1.00. The first-order chi connectivity index (χ1) is 5.23. The zero-order chi connectivity index (χ0) is 8.32. The summed E-state index contributed by atoms with van der Waals surface area (Å²) in [5.41, 5.74) is 0.601. The summed E-state index contributed by atoms with van der Waals surface area (Å²) in [7, 11) is 0. The summed E-state index contributed by atoms with van der Waals surface area (Å²) in [6.45, 7) is 9.50. The highest BCUT2D eigenvalue weighted by Crippen LogP contribution is 2.35. The molecule has 0 saturated carbocycles. The SMILES string of the molecule is CCCCC[C@]1(C)CN1CC. The standard InChI is InChI=1S/C10H21N/c1-4-6-7-8-10(3)9-11(10)5-2/h4-9H2,1-3H3/t10-,11?/m1/s1. The Kier molecular flexibility index (Phi) is 2.94. The third-order valence-corrected chi connectivity index (χ3v) is 2.89. The van der Waals surface area contributed by atoms with Gasteiger partial charge in [-0.1, -0.05) is 33.1 Å². The summed E-state index contributed by atoms with van der Waals surface area (Å²) in [5, 5.41) is 0. The van der Waals surface area contributed by atoms with Gasteiger partial charge in [-0.05, 0) is 19.9 Å². The van der Waals surface area contributed by atoms with Gasteiger partial charge in [0.2, 0.25) is 0 Å². The van der Waals surface area contributed by atoms with Gasteiger partial charge in [0.25, 0.3) is 0 Å². The van der Waals surface area contributed by atoms with Crippen molar-refractivity contribution in [3.8, 4) is 0 Å². The summed E-state index contributed by atoms with van der Waals surface area (Å²) < 4.78 is 0. The minimum absolute atomic E-state index is 0.601. The van der Waals surface area contributed by atoms with E-state index in [1.54, 1.807) is 0 Å². The molecule has 1 unspecified atom stereocenters. The molecule has 1 saturated heterocycles. The van der Waals surface area contributed by atoms with E-state index in [2.05, 4.69) is 25.7 Å². The van der Waals surface area contributed by atoms with Crippen LogP contribution < -0.4 is 0 Å². The Bertz CT molecular complexity index is 122. The monoisotopic (exact) mass is 155 g/mol. The van der Waals surface area contributed by atoms with E-state index in [4.69, 9.17) is 0 Å². The summed E-state index contributed by atoms with van der Waals surface area (Å²) >= 11 is 0. The average molecular weight is 155 g/mol. The second-order valence-electron chi connectivity index (χ2n) is 3.97. The fourth-order valence-corrected chi connectivity index (χ4v) is 1.86. The number of nitrogens with zero attached hydrogens (tertiary/aromatic N) is 1. The average Bonchev–Trinajstić information content (AvgIpc) is 2.63. The molecule has 1 fully saturated rings. The minimum atomic E-state index is 0.601. The van der Waals surface area contributed by atoms with Crippen LogP contribution >= 0.6 is 0 Å². The van der Waals surface area contributed by atoms with Gasteiger partial charge in [0.15, 0.2) is 0 Å². The molecule has 0 bridgehead atoms. The number of hydrogen-bond acceptors (Lipinski definition) is 1. The van der Waals surface area contributed by atoms with E-state index in [0.29, 0.717) is 5.54 Å². The smallest absolute Gasteiger partial charge is 0.0309 e. The molecule has 1 rings (SSSR count). The van der Waals surface area contributed by atoms with Gasteiger partial charge in [0, 0.05) is 12.1 Å². The molecular formula is C10H21N. The molecule has 11 heavy (non-hydrogen) atoms. The van der Waals surface area contributed by atoms with Crippen LogP contribution in [0.3, 0.4) is 0 Å². The molecular weight excluding hydrogens is 134 g/mol. The van der Waals surface area contributed by atoms with Crippen molar-refractivity contribution < 1.29 is 0 Å². The summed E-state index contributed by atoms with van der Waals surface area (Å²) in [5.74, 6) is 0. The lowest BCUT2D eigenvalue weighted by atomic mass is 10.0. The fourth-order valence-electron chi connectivity index (χ4n) is 1.86. The molecule has 0 radical (unpaired) electrons. The molecule has 1 aliphatic heterocycles. The lowest BCUT2D eigenvalue weighted by Gasteiger charge is -2.09. The Labute approximate surface area is 70.8 Å².